The minimum Gasteiger partial charge on any atom is -0.329 e. The van der Waals surface area contributed by atoms with Gasteiger partial charge in [0.15, 0.2) is 0 Å². The van der Waals surface area contributed by atoms with Crippen molar-refractivity contribution in [3.63, 3.8) is 0 Å². The molecule has 0 aliphatic carbocycles. The standard InChI is InChI=1S/C21H19N3O2/c1-13(10-22)11-24-12-19-17(7-4-8-18(19)21(24)26)16-6-5-9-20(14(16)2)23-15(3)25/h4-9H,1,11-12H2,2-3H3,(H,23,25). The molecule has 1 aliphatic rings. The molecule has 2 aromatic rings. The van der Waals surface area contributed by atoms with Crippen LogP contribution in [0.3, 0.4) is 0 Å². The van der Waals surface area contributed by atoms with Crippen molar-refractivity contribution in [3.8, 4) is 17.2 Å². The van der Waals surface area contributed by atoms with Crippen molar-refractivity contribution < 1.29 is 9.59 Å². The van der Waals surface area contributed by atoms with Crippen LogP contribution in [0.25, 0.3) is 11.1 Å². The summed E-state index contributed by atoms with van der Waals surface area (Å²) in [5.41, 5.74) is 5.59. The smallest absolute Gasteiger partial charge is 0.254 e. The zero-order chi connectivity index (χ0) is 18.8. The normalized spacial score (nSPS) is 12.5. The van der Waals surface area contributed by atoms with E-state index in [4.69, 9.17) is 5.26 Å². The topological polar surface area (TPSA) is 73.2 Å². The Hall–Kier alpha value is -3.39. The van der Waals surface area contributed by atoms with E-state index in [9.17, 15) is 9.59 Å². The maximum absolute atomic E-state index is 12.6. The average Bonchev–Trinajstić information content (AvgIpc) is 2.92. The summed E-state index contributed by atoms with van der Waals surface area (Å²) in [6.07, 6.45) is 0. The van der Waals surface area contributed by atoms with Gasteiger partial charge in [0.1, 0.15) is 0 Å². The Morgan fingerprint density at radius 3 is 2.58 bits per heavy atom. The first-order chi connectivity index (χ1) is 12.4. The molecule has 0 aromatic heterocycles. The number of rotatable bonds is 4. The molecule has 1 heterocycles. The van der Waals surface area contributed by atoms with Gasteiger partial charge in [0, 0.05) is 30.3 Å². The molecule has 0 bridgehead atoms. The Balaban J connectivity index is 2.04. The van der Waals surface area contributed by atoms with Crippen molar-refractivity contribution in [2.75, 3.05) is 11.9 Å². The monoisotopic (exact) mass is 345 g/mol. The van der Waals surface area contributed by atoms with E-state index < -0.39 is 0 Å². The summed E-state index contributed by atoms with van der Waals surface area (Å²) < 4.78 is 0. The zero-order valence-corrected chi connectivity index (χ0v) is 14.8. The number of amides is 2. The molecule has 5 nitrogen and oxygen atoms in total. The highest BCUT2D eigenvalue weighted by atomic mass is 16.2. The van der Waals surface area contributed by atoms with Crippen molar-refractivity contribution in [1.82, 2.24) is 4.90 Å². The Labute approximate surface area is 152 Å². The number of benzene rings is 2. The van der Waals surface area contributed by atoms with E-state index in [1.54, 1.807) is 4.90 Å². The lowest BCUT2D eigenvalue weighted by Crippen LogP contribution is -2.25. The highest BCUT2D eigenvalue weighted by molar-refractivity contribution is 6.01. The molecular formula is C21H19N3O2. The molecule has 130 valence electrons. The minimum atomic E-state index is -0.125. The highest BCUT2D eigenvalue weighted by Gasteiger charge is 2.30. The summed E-state index contributed by atoms with van der Waals surface area (Å²) in [6, 6.07) is 13.4. The number of anilines is 1. The van der Waals surface area contributed by atoms with Gasteiger partial charge >= 0.3 is 0 Å². The number of hydrogen-bond donors (Lipinski definition) is 1. The first-order valence-electron chi connectivity index (χ1n) is 8.29. The van der Waals surface area contributed by atoms with E-state index in [0.717, 1.165) is 27.9 Å². The molecule has 0 saturated carbocycles. The third-order valence-corrected chi connectivity index (χ3v) is 4.52. The largest absolute Gasteiger partial charge is 0.329 e. The number of nitrogens with zero attached hydrogens (tertiary/aromatic N) is 2. The highest BCUT2D eigenvalue weighted by Crippen LogP contribution is 2.36. The van der Waals surface area contributed by atoms with Crippen LogP contribution in [0.5, 0.6) is 0 Å². The van der Waals surface area contributed by atoms with Crippen LogP contribution in [0, 0.1) is 18.3 Å². The number of carbonyl (C=O) groups excluding carboxylic acids is 2. The minimum absolute atomic E-state index is 0.0890. The van der Waals surface area contributed by atoms with Gasteiger partial charge in [-0.3, -0.25) is 9.59 Å². The molecule has 2 amide bonds. The third kappa shape index (κ3) is 3.09. The quantitative estimate of drug-likeness (QED) is 0.860. The van der Waals surface area contributed by atoms with Gasteiger partial charge < -0.3 is 10.2 Å². The second-order valence-corrected chi connectivity index (χ2v) is 6.37. The predicted octanol–water partition coefficient (Wildman–Crippen LogP) is 3.66. The summed E-state index contributed by atoms with van der Waals surface area (Å²) in [4.78, 5) is 25.7. The molecule has 3 rings (SSSR count). The summed E-state index contributed by atoms with van der Waals surface area (Å²) in [5.74, 6) is -0.214. The molecule has 5 heteroatoms. The molecule has 0 atom stereocenters. The maximum atomic E-state index is 12.6. The Morgan fingerprint density at radius 2 is 1.88 bits per heavy atom. The van der Waals surface area contributed by atoms with Gasteiger partial charge in [-0.2, -0.15) is 5.26 Å². The van der Waals surface area contributed by atoms with Gasteiger partial charge in [0.25, 0.3) is 5.91 Å². The number of carbonyl (C=O) groups is 2. The first-order valence-corrected chi connectivity index (χ1v) is 8.29. The summed E-state index contributed by atoms with van der Waals surface area (Å²) in [5, 5.41) is 11.8. The van der Waals surface area contributed by atoms with E-state index >= 15 is 0 Å². The molecule has 0 unspecified atom stereocenters. The average molecular weight is 345 g/mol. The Bertz CT molecular complexity index is 970. The van der Waals surface area contributed by atoms with Crippen molar-refractivity contribution in [2.24, 2.45) is 0 Å². The summed E-state index contributed by atoms with van der Waals surface area (Å²) in [6.45, 7) is 7.77. The number of nitrogens with one attached hydrogen (secondary N) is 1. The second kappa shape index (κ2) is 6.85. The van der Waals surface area contributed by atoms with Crippen LogP contribution in [0.1, 0.15) is 28.4 Å². The van der Waals surface area contributed by atoms with E-state index in [2.05, 4.69) is 11.9 Å². The van der Waals surface area contributed by atoms with E-state index in [0.29, 0.717) is 17.7 Å². The van der Waals surface area contributed by atoms with Crippen LogP contribution in [0.15, 0.2) is 48.6 Å². The van der Waals surface area contributed by atoms with Crippen molar-refractivity contribution in [2.45, 2.75) is 20.4 Å². The predicted molar refractivity (Wildman–Crippen MR) is 100 cm³/mol. The van der Waals surface area contributed by atoms with Gasteiger partial charge in [-0.15, -0.1) is 0 Å². The van der Waals surface area contributed by atoms with Crippen LogP contribution in [-0.2, 0) is 11.3 Å². The van der Waals surface area contributed by atoms with Crippen LogP contribution in [0.4, 0.5) is 5.69 Å². The molecular weight excluding hydrogens is 326 g/mol. The molecule has 1 aliphatic heterocycles. The first kappa shape index (κ1) is 17.4. The second-order valence-electron chi connectivity index (χ2n) is 6.37. The fraction of sp³-hybridized carbons (Fsp3) is 0.190. The summed E-state index contributed by atoms with van der Waals surface area (Å²) in [7, 11) is 0. The van der Waals surface area contributed by atoms with Crippen LogP contribution in [-0.4, -0.2) is 23.3 Å². The number of hydrogen-bond acceptors (Lipinski definition) is 3. The van der Waals surface area contributed by atoms with Crippen LogP contribution < -0.4 is 5.32 Å². The van der Waals surface area contributed by atoms with E-state index in [1.165, 1.54) is 6.92 Å². The van der Waals surface area contributed by atoms with Crippen LogP contribution >= 0.6 is 0 Å². The fourth-order valence-corrected chi connectivity index (χ4v) is 3.29. The van der Waals surface area contributed by atoms with Crippen molar-refractivity contribution >= 4 is 17.5 Å². The lowest BCUT2D eigenvalue weighted by Gasteiger charge is -2.16. The lowest BCUT2D eigenvalue weighted by molar-refractivity contribution is -0.114. The Kier molecular flexibility index (Phi) is 4.59. The van der Waals surface area contributed by atoms with Crippen LogP contribution in [0.2, 0.25) is 0 Å². The SMILES string of the molecule is C=C(C#N)CN1Cc2c(cccc2-c2cccc(NC(C)=O)c2C)C1=O. The maximum Gasteiger partial charge on any atom is 0.254 e. The zero-order valence-electron chi connectivity index (χ0n) is 14.8. The Morgan fingerprint density at radius 1 is 1.23 bits per heavy atom. The fourth-order valence-electron chi connectivity index (χ4n) is 3.29. The number of fused-ring (bicyclic) bond motifs is 1. The van der Waals surface area contributed by atoms with Gasteiger partial charge in [-0.25, -0.2) is 0 Å². The molecule has 1 N–H and O–H groups in total. The van der Waals surface area contributed by atoms with Gasteiger partial charge in [-0.05, 0) is 41.3 Å². The van der Waals surface area contributed by atoms with E-state index in [-0.39, 0.29) is 18.4 Å². The molecule has 2 aromatic carbocycles. The van der Waals surface area contributed by atoms with E-state index in [1.807, 2.05) is 49.4 Å². The molecule has 0 spiro atoms. The van der Waals surface area contributed by atoms with Gasteiger partial charge in [0.2, 0.25) is 5.91 Å². The van der Waals surface area contributed by atoms with Gasteiger partial charge in [-0.1, -0.05) is 30.8 Å². The molecule has 0 radical (unpaired) electrons. The van der Waals surface area contributed by atoms with Gasteiger partial charge in [0.05, 0.1) is 12.6 Å². The third-order valence-electron chi connectivity index (χ3n) is 4.52. The molecule has 0 fully saturated rings. The number of nitriles is 1. The lowest BCUT2D eigenvalue weighted by atomic mass is 9.93. The van der Waals surface area contributed by atoms with Crippen molar-refractivity contribution in [3.05, 3.63) is 65.2 Å². The summed E-state index contributed by atoms with van der Waals surface area (Å²) >= 11 is 0. The molecule has 0 saturated heterocycles. The van der Waals surface area contributed by atoms with Crippen molar-refractivity contribution in [1.29, 1.82) is 5.26 Å². The molecule has 26 heavy (non-hydrogen) atoms.